The zero-order valence-electron chi connectivity index (χ0n) is 12.0. The molecule has 2 N–H and O–H groups in total. The van der Waals surface area contributed by atoms with Gasteiger partial charge in [0.25, 0.3) is 11.9 Å². The molecule has 120 valence electrons. The molecule has 0 unspecified atom stereocenters. The fraction of sp³-hybridized carbons (Fsp3) is 0.357. The van der Waals surface area contributed by atoms with Crippen molar-refractivity contribution in [3.63, 3.8) is 0 Å². The standard InChI is InChI=1S/C14H13FN4O4/c15-8-4-7(19-6-10(12(16)20)23-14(19)21)5-9-11(8)18-3-1-2-17-13(18)22-9/h4-5,10H,1-3,6H2,(H2,16,20)/t10-/m1/s1. The smallest absolute Gasteiger partial charge is 0.415 e. The van der Waals surface area contributed by atoms with Gasteiger partial charge < -0.3 is 15.2 Å². The van der Waals surface area contributed by atoms with Crippen molar-refractivity contribution in [2.75, 3.05) is 29.4 Å². The number of halogens is 1. The Bertz CT molecular complexity index is 751. The van der Waals surface area contributed by atoms with E-state index in [4.69, 9.17) is 15.2 Å². The van der Waals surface area contributed by atoms with Crippen LogP contribution in [0.1, 0.15) is 6.42 Å². The first-order valence-corrected chi connectivity index (χ1v) is 7.15. The molecule has 3 heterocycles. The van der Waals surface area contributed by atoms with Gasteiger partial charge in [0.05, 0.1) is 12.2 Å². The van der Waals surface area contributed by atoms with Crippen LogP contribution in [0.4, 0.5) is 20.6 Å². The molecule has 23 heavy (non-hydrogen) atoms. The molecule has 1 saturated heterocycles. The number of nitrogens with zero attached hydrogens (tertiary/aromatic N) is 3. The lowest BCUT2D eigenvalue weighted by atomic mass is 10.2. The normalized spacial score (nSPS) is 22.2. The summed E-state index contributed by atoms with van der Waals surface area (Å²) >= 11 is 0. The summed E-state index contributed by atoms with van der Waals surface area (Å²) in [6.07, 6.45) is -0.983. The van der Waals surface area contributed by atoms with Gasteiger partial charge in [0, 0.05) is 25.2 Å². The second kappa shape index (κ2) is 4.83. The van der Waals surface area contributed by atoms with Gasteiger partial charge in [-0.1, -0.05) is 0 Å². The third kappa shape index (κ3) is 2.07. The van der Waals surface area contributed by atoms with Crippen LogP contribution in [0.2, 0.25) is 0 Å². The number of hydrogen-bond acceptors (Lipinski definition) is 6. The van der Waals surface area contributed by atoms with Gasteiger partial charge >= 0.3 is 6.09 Å². The molecule has 0 radical (unpaired) electrons. The van der Waals surface area contributed by atoms with Crippen molar-refractivity contribution < 1.29 is 23.5 Å². The van der Waals surface area contributed by atoms with Crippen LogP contribution in [-0.4, -0.2) is 43.8 Å². The molecule has 2 amide bonds. The lowest BCUT2D eigenvalue weighted by molar-refractivity contribution is -0.124. The predicted molar refractivity (Wildman–Crippen MR) is 78.1 cm³/mol. The number of hydrogen-bond donors (Lipinski definition) is 1. The number of carbonyl (C=O) groups excluding carboxylic acids is 2. The summed E-state index contributed by atoms with van der Waals surface area (Å²) in [7, 11) is 0. The van der Waals surface area contributed by atoms with E-state index < -0.39 is 23.9 Å². The van der Waals surface area contributed by atoms with Crippen molar-refractivity contribution in [2.45, 2.75) is 12.5 Å². The number of carbonyl (C=O) groups is 2. The molecular formula is C14H13FN4O4. The maximum atomic E-state index is 14.5. The highest BCUT2D eigenvalue weighted by Gasteiger charge is 2.38. The summed E-state index contributed by atoms with van der Waals surface area (Å²) < 4.78 is 24.9. The number of ether oxygens (including phenoxy) is 2. The number of fused-ring (bicyclic) bond motifs is 3. The summed E-state index contributed by atoms with van der Waals surface area (Å²) in [5.74, 6) is -0.985. The number of amides is 2. The molecule has 1 aromatic carbocycles. The Morgan fingerprint density at radius 1 is 1.39 bits per heavy atom. The van der Waals surface area contributed by atoms with Crippen LogP contribution >= 0.6 is 0 Å². The van der Waals surface area contributed by atoms with Gasteiger partial charge in [0.2, 0.25) is 0 Å². The van der Waals surface area contributed by atoms with Gasteiger partial charge in [0.1, 0.15) is 5.69 Å². The predicted octanol–water partition coefficient (Wildman–Crippen LogP) is 0.595. The first kappa shape index (κ1) is 13.8. The minimum absolute atomic E-state index is 0.0585. The van der Waals surface area contributed by atoms with Crippen LogP contribution in [0.5, 0.6) is 5.75 Å². The highest BCUT2D eigenvalue weighted by atomic mass is 19.1. The van der Waals surface area contributed by atoms with E-state index in [0.717, 1.165) is 11.3 Å². The maximum Gasteiger partial charge on any atom is 0.415 e. The van der Waals surface area contributed by atoms with Crippen molar-refractivity contribution in [3.8, 4) is 5.75 Å². The van der Waals surface area contributed by atoms with E-state index in [1.807, 2.05) is 0 Å². The molecule has 0 spiro atoms. The number of primary amides is 1. The van der Waals surface area contributed by atoms with Gasteiger partial charge in [-0.3, -0.25) is 14.6 Å². The molecule has 0 aromatic heterocycles. The number of benzene rings is 1. The van der Waals surface area contributed by atoms with Crippen molar-refractivity contribution in [3.05, 3.63) is 17.9 Å². The Balaban J connectivity index is 1.70. The Labute approximate surface area is 130 Å². The van der Waals surface area contributed by atoms with Crippen LogP contribution < -0.4 is 20.3 Å². The minimum atomic E-state index is -1.05. The fourth-order valence-electron chi connectivity index (χ4n) is 2.86. The lowest BCUT2D eigenvalue weighted by Gasteiger charge is -2.20. The van der Waals surface area contributed by atoms with E-state index >= 15 is 0 Å². The Morgan fingerprint density at radius 2 is 2.22 bits per heavy atom. The number of amidine groups is 1. The zero-order chi connectivity index (χ0) is 16.1. The molecule has 3 aliphatic rings. The average Bonchev–Trinajstić information content (AvgIpc) is 3.07. The lowest BCUT2D eigenvalue weighted by Crippen LogP contribution is -2.34. The Hall–Kier alpha value is -2.84. The van der Waals surface area contributed by atoms with E-state index in [0.29, 0.717) is 24.8 Å². The third-order valence-corrected chi connectivity index (χ3v) is 3.94. The van der Waals surface area contributed by atoms with Crippen molar-refractivity contribution in [2.24, 2.45) is 10.7 Å². The topological polar surface area (TPSA) is 97.5 Å². The van der Waals surface area contributed by atoms with Crippen LogP contribution in [0.15, 0.2) is 17.1 Å². The zero-order valence-corrected chi connectivity index (χ0v) is 12.0. The Morgan fingerprint density at radius 3 is 2.96 bits per heavy atom. The van der Waals surface area contributed by atoms with Gasteiger partial charge in [-0.15, -0.1) is 0 Å². The fourth-order valence-corrected chi connectivity index (χ4v) is 2.86. The highest BCUT2D eigenvalue weighted by Crippen LogP contribution is 2.42. The van der Waals surface area contributed by atoms with E-state index in [-0.39, 0.29) is 18.0 Å². The summed E-state index contributed by atoms with van der Waals surface area (Å²) in [6, 6.07) is 3.11. The average molecular weight is 320 g/mol. The van der Waals surface area contributed by atoms with Gasteiger partial charge in [-0.25, -0.2) is 14.2 Å². The van der Waals surface area contributed by atoms with E-state index in [2.05, 4.69) is 4.99 Å². The van der Waals surface area contributed by atoms with Crippen LogP contribution in [0.25, 0.3) is 0 Å². The third-order valence-electron chi connectivity index (χ3n) is 3.94. The molecule has 0 aliphatic carbocycles. The van der Waals surface area contributed by atoms with Gasteiger partial charge in [-0.05, 0) is 6.42 Å². The number of anilines is 2. The van der Waals surface area contributed by atoms with Crippen LogP contribution in [0.3, 0.4) is 0 Å². The number of aliphatic imine (C=N–C) groups is 1. The second-order valence-corrected chi connectivity index (χ2v) is 5.43. The molecule has 0 bridgehead atoms. The molecule has 0 saturated carbocycles. The molecule has 8 nitrogen and oxygen atoms in total. The molecule has 3 aliphatic heterocycles. The molecular weight excluding hydrogens is 307 g/mol. The number of cyclic esters (lactones) is 1. The number of rotatable bonds is 2. The molecule has 1 fully saturated rings. The quantitative estimate of drug-likeness (QED) is 0.860. The van der Waals surface area contributed by atoms with Crippen molar-refractivity contribution in [1.29, 1.82) is 0 Å². The number of nitrogens with two attached hydrogens (primary N) is 1. The largest absolute Gasteiger partial charge is 0.434 e. The summed E-state index contributed by atoms with van der Waals surface area (Å²) in [5, 5.41) is 0. The summed E-state index contributed by atoms with van der Waals surface area (Å²) in [4.78, 5) is 30.0. The first-order valence-electron chi connectivity index (χ1n) is 7.15. The molecule has 9 heteroatoms. The van der Waals surface area contributed by atoms with Crippen molar-refractivity contribution in [1.82, 2.24) is 0 Å². The molecule has 1 atom stereocenters. The molecule has 1 aromatic rings. The van der Waals surface area contributed by atoms with E-state index in [1.54, 1.807) is 4.90 Å². The van der Waals surface area contributed by atoms with Crippen LogP contribution in [-0.2, 0) is 9.53 Å². The second-order valence-electron chi connectivity index (χ2n) is 5.43. The maximum absolute atomic E-state index is 14.5. The summed E-state index contributed by atoms with van der Waals surface area (Å²) in [6.45, 7) is 1.20. The minimum Gasteiger partial charge on any atom is -0.434 e. The highest BCUT2D eigenvalue weighted by molar-refractivity contribution is 6.02. The van der Waals surface area contributed by atoms with Gasteiger partial charge in [0.15, 0.2) is 17.7 Å². The van der Waals surface area contributed by atoms with Crippen LogP contribution in [0, 0.1) is 5.82 Å². The summed E-state index contributed by atoms with van der Waals surface area (Å²) in [5.41, 5.74) is 5.69. The van der Waals surface area contributed by atoms with E-state index in [9.17, 15) is 14.0 Å². The SMILES string of the molecule is NC(=O)[C@H]1CN(c2cc(F)c3c(c2)OC2=NCCCN23)C(=O)O1. The molecule has 4 rings (SSSR count). The van der Waals surface area contributed by atoms with Crippen molar-refractivity contribution >= 4 is 29.4 Å². The monoisotopic (exact) mass is 320 g/mol. The Kier molecular flexibility index (Phi) is 2.90. The van der Waals surface area contributed by atoms with Gasteiger partial charge in [-0.2, -0.15) is 0 Å². The first-order chi connectivity index (χ1) is 11.0. The van der Waals surface area contributed by atoms with E-state index in [1.165, 1.54) is 12.1 Å².